The summed E-state index contributed by atoms with van der Waals surface area (Å²) in [5.41, 5.74) is 2.07. The van der Waals surface area contributed by atoms with Gasteiger partial charge in [-0.15, -0.1) is 11.3 Å². The Morgan fingerprint density at radius 2 is 1.71 bits per heavy atom. The Morgan fingerprint density at radius 1 is 0.929 bits per heavy atom. The number of ether oxygens (including phenoxy) is 4. The van der Waals surface area contributed by atoms with E-state index in [4.69, 9.17) is 18.9 Å². The summed E-state index contributed by atoms with van der Waals surface area (Å²) in [6.45, 7) is 1.08. The van der Waals surface area contributed by atoms with E-state index in [1.165, 1.54) is 6.33 Å². The molecule has 0 saturated carbocycles. The fourth-order valence-electron chi connectivity index (χ4n) is 3.11. The minimum Gasteiger partial charge on any atom is -0.497 e. The highest BCUT2D eigenvalue weighted by molar-refractivity contribution is 7.17. The first-order chi connectivity index (χ1) is 13.8. The molecule has 2 aromatic carbocycles. The average Bonchev–Trinajstić information content (AvgIpc) is 3.19. The molecule has 0 atom stereocenters. The predicted octanol–water partition coefficient (Wildman–Crippen LogP) is 4.93. The van der Waals surface area contributed by atoms with Crippen molar-refractivity contribution in [2.75, 3.05) is 20.3 Å². The molecule has 0 spiro atoms. The van der Waals surface area contributed by atoms with Gasteiger partial charge in [0.2, 0.25) is 5.88 Å². The van der Waals surface area contributed by atoms with Gasteiger partial charge >= 0.3 is 0 Å². The molecule has 0 unspecified atom stereocenters. The van der Waals surface area contributed by atoms with Crippen molar-refractivity contribution >= 4 is 21.6 Å². The summed E-state index contributed by atoms with van der Waals surface area (Å²) in [5, 5.41) is 2.95. The van der Waals surface area contributed by atoms with Crippen molar-refractivity contribution in [1.82, 2.24) is 9.97 Å². The van der Waals surface area contributed by atoms with Gasteiger partial charge in [-0.2, -0.15) is 0 Å². The topological polar surface area (TPSA) is 62.7 Å². The van der Waals surface area contributed by atoms with E-state index >= 15 is 0 Å². The highest BCUT2D eigenvalue weighted by atomic mass is 32.1. The molecule has 140 valence electrons. The predicted molar refractivity (Wildman–Crippen MR) is 107 cm³/mol. The zero-order chi connectivity index (χ0) is 18.9. The molecule has 28 heavy (non-hydrogen) atoms. The molecular weight excluding hydrogens is 376 g/mol. The molecule has 3 heterocycles. The zero-order valence-electron chi connectivity index (χ0n) is 15.0. The lowest BCUT2D eigenvalue weighted by Crippen LogP contribution is -2.15. The minimum absolute atomic E-state index is 0.508. The maximum Gasteiger partial charge on any atom is 0.231 e. The number of fused-ring (bicyclic) bond motifs is 2. The van der Waals surface area contributed by atoms with Crippen molar-refractivity contribution in [3.05, 3.63) is 54.2 Å². The third-order valence-electron chi connectivity index (χ3n) is 4.46. The number of nitrogens with zero attached hydrogens (tertiary/aromatic N) is 2. The molecule has 0 N–H and O–H groups in total. The number of hydrogen-bond donors (Lipinski definition) is 0. The molecule has 7 heteroatoms. The van der Waals surface area contributed by atoms with Gasteiger partial charge in [-0.25, -0.2) is 9.97 Å². The maximum atomic E-state index is 6.12. The van der Waals surface area contributed by atoms with Gasteiger partial charge < -0.3 is 18.9 Å². The highest BCUT2D eigenvalue weighted by Gasteiger charge is 2.17. The van der Waals surface area contributed by atoms with E-state index < -0.39 is 0 Å². The lowest BCUT2D eigenvalue weighted by Gasteiger charge is -2.18. The van der Waals surface area contributed by atoms with Crippen molar-refractivity contribution in [1.29, 1.82) is 0 Å². The molecule has 0 bridgehead atoms. The standard InChI is InChI=1S/C21H16N2O4S/c1-24-14-4-2-13(3-5-14)16-11-28-21-19(16)20(22-12-23-21)27-15-6-7-17-18(10-15)26-9-8-25-17/h2-7,10-12H,8-9H2,1H3. The Balaban J connectivity index is 1.55. The van der Waals surface area contributed by atoms with Gasteiger partial charge in [0, 0.05) is 17.0 Å². The van der Waals surface area contributed by atoms with Crippen LogP contribution >= 0.6 is 11.3 Å². The largest absolute Gasteiger partial charge is 0.497 e. The summed E-state index contributed by atoms with van der Waals surface area (Å²) >= 11 is 1.56. The van der Waals surface area contributed by atoms with Crippen molar-refractivity contribution < 1.29 is 18.9 Å². The molecule has 4 aromatic rings. The van der Waals surface area contributed by atoms with Crippen LogP contribution in [0.4, 0.5) is 0 Å². The third-order valence-corrected chi connectivity index (χ3v) is 5.35. The van der Waals surface area contributed by atoms with Crippen LogP contribution in [-0.2, 0) is 0 Å². The molecule has 2 aromatic heterocycles. The van der Waals surface area contributed by atoms with Gasteiger partial charge in [-0.05, 0) is 29.8 Å². The normalized spacial score (nSPS) is 12.8. The zero-order valence-corrected chi connectivity index (χ0v) is 15.9. The molecule has 1 aliphatic heterocycles. The molecule has 0 amide bonds. The summed E-state index contributed by atoms with van der Waals surface area (Å²) in [5.74, 6) is 3.35. The molecule has 5 rings (SSSR count). The second-order valence-electron chi connectivity index (χ2n) is 6.14. The summed E-state index contributed by atoms with van der Waals surface area (Å²) in [4.78, 5) is 9.64. The number of thiophene rings is 1. The maximum absolute atomic E-state index is 6.12. The van der Waals surface area contributed by atoms with Gasteiger partial charge in [0.05, 0.1) is 12.5 Å². The summed E-state index contributed by atoms with van der Waals surface area (Å²) in [7, 11) is 1.65. The number of hydrogen-bond acceptors (Lipinski definition) is 7. The molecule has 6 nitrogen and oxygen atoms in total. The van der Waals surface area contributed by atoms with Crippen LogP contribution in [0.2, 0.25) is 0 Å². The summed E-state index contributed by atoms with van der Waals surface area (Å²) < 4.78 is 22.6. The summed E-state index contributed by atoms with van der Waals surface area (Å²) in [6, 6.07) is 13.4. The third kappa shape index (κ3) is 2.99. The van der Waals surface area contributed by atoms with E-state index in [9.17, 15) is 0 Å². The fraction of sp³-hybridized carbons (Fsp3) is 0.143. The Morgan fingerprint density at radius 3 is 2.54 bits per heavy atom. The van der Waals surface area contributed by atoms with E-state index in [2.05, 4.69) is 15.3 Å². The van der Waals surface area contributed by atoms with E-state index in [-0.39, 0.29) is 0 Å². The molecule has 0 radical (unpaired) electrons. The minimum atomic E-state index is 0.508. The Bertz CT molecular complexity index is 1140. The molecular formula is C21H16N2O4S. The quantitative estimate of drug-likeness (QED) is 0.491. The monoisotopic (exact) mass is 392 g/mol. The van der Waals surface area contributed by atoms with Gasteiger partial charge in [-0.1, -0.05) is 12.1 Å². The molecule has 1 aliphatic rings. The van der Waals surface area contributed by atoms with Crippen molar-refractivity contribution in [3.8, 4) is 40.0 Å². The SMILES string of the molecule is COc1ccc(-c2csc3ncnc(Oc4ccc5c(c4)OCCO5)c23)cc1. The average molecular weight is 392 g/mol. The first kappa shape index (κ1) is 16.8. The van der Waals surface area contributed by atoms with Gasteiger partial charge in [0.25, 0.3) is 0 Å². The van der Waals surface area contributed by atoms with Gasteiger partial charge in [0.15, 0.2) is 11.5 Å². The Hall–Kier alpha value is -3.32. The van der Waals surface area contributed by atoms with Crippen LogP contribution < -0.4 is 18.9 Å². The number of aromatic nitrogens is 2. The van der Waals surface area contributed by atoms with Crippen LogP contribution in [0.1, 0.15) is 0 Å². The van der Waals surface area contributed by atoms with Crippen LogP contribution in [0.5, 0.6) is 28.9 Å². The number of methoxy groups -OCH3 is 1. The van der Waals surface area contributed by atoms with Crippen LogP contribution in [0.15, 0.2) is 54.2 Å². The van der Waals surface area contributed by atoms with Crippen LogP contribution in [0.25, 0.3) is 21.3 Å². The highest BCUT2D eigenvalue weighted by Crippen LogP contribution is 2.41. The lowest BCUT2D eigenvalue weighted by atomic mass is 10.1. The second kappa shape index (κ2) is 7.01. The molecule has 0 saturated heterocycles. The van der Waals surface area contributed by atoms with Gasteiger partial charge in [-0.3, -0.25) is 0 Å². The van der Waals surface area contributed by atoms with E-state index in [1.807, 2.05) is 42.5 Å². The van der Waals surface area contributed by atoms with Crippen LogP contribution in [0.3, 0.4) is 0 Å². The van der Waals surface area contributed by atoms with Crippen molar-refractivity contribution in [3.63, 3.8) is 0 Å². The molecule has 0 aliphatic carbocycles. The van der Waals surface area contributed by atoms with E-state index in [0.717, 1.165) is 32.8 Å². The smallest absolute Gasteiger partial charge is 0.231 e. The first-order valence-electron chi connectivity index (χ1n) is 8.76. The van der Waals surface area contributed by atoms with Gasteiger partial charge in [0.1, 0.15) is 35.9 Å². The Labute approximate surface area is 165 Å². The summed E-state index contributed by atoms with van der Waals surface area (Å²) in [6.07, 6.45) is 1.52. The van der Waals surface area contributed by atoms with E-state index in [1.54, 1.807) is 18.4 Å². The molecule has 0 fully saturated rings. The van der Waals surface area contributed by atoms with E-state index in [0.29, 0.717) is 30.6 Å². The first-order valence-corrected chi connectivity index (χ1v) is 9.64. The number of rotatable bonds is 4. The van der Waals surface area contributed by atoms with Crippen LogP contribution in [-0.4, -0.2) is 30.3 Å². The Kier molecular flexibility index (Phi) is 4.21. The lowest BCUT2D eigenvalue weighted by molar-refractivity contribution is 0.171. The second-order valence-corrected chi connectivity index (χ2v) is 7.00. The van der Waals surface area contributed by atoms with Crippen LogP contribution in [0, 0.1) is 0 Å². The van der Waals surface area contributed by atoms with Crippen molar-refractivity contribution in [2.45, 2.75) is 0 Å². The number of benzene rings is 2. The fourth-order valence-corrected chi connectivity index (χ4v) is 4.01. The van der Waals surface area contributed by atoms with Crippen molar-refractivity contribution in [2.24, 2.45) is 0 Å².